The number of pyridine rings is 1. The number of aryl methyl sites for hydroxylation is 1. The number of hydrogen-bond acceptors (Lipinski definition) is 3. The number of likely N-dealkylation sites (N-methyl/N-ethyl adjacent to an activating group) is 1. The molecule has 0 radical (unpaired) electrons. The number of carboxylic acid groups (broad SMARTS) is 1. The first-order valence-corrected chi connectivity index (χ1v) is 5.67. The molecule has 1 aromatic heterocycles. The minimum absolute atomic E-state index is 0.000856. The van der Waals surface area contributed by atoms with Gasteiger partial charge in [0.2, 0.25) is 0 Å². The Morgan fingerprint density at radius 2 is 2.18 bits per heavy atom. The highest BCUT2D eigenvalue weighted by Gasteiger charge is 2.22. The Hall–Kier alpha value is -1.78. The fourth-order valence-corrected chi connectivity index (χ4v) is 2.34. The van der Waals surface area contributed by atoms with E-state index in [1.165, 1.54) is 0 Å². The second-order valence-corrected chi connectivity index (χ2v) is 4.43. The van der Waals surface area contributed by atoms with Gasteiger partial charge in [-0.15, -0.1) is 0 Å². The summed E-state index contributed by atoms with van der Waals surface area (Å²) in [4.78, 5) is 24.5. The number of aromatic nitrogens is 1. The van der Waals surface area contributed by atoms with Gasteiger partial charge in [-0.2, -0.15) is 0 Å². The number of nitrogens with zero attached hydrogens (tertiary/aromatic N) is 2. The van der Waals surface area contributed by atoms with Crippen LogP contribution in [0.5, 0.6) is 0 Å². The molecule has 0 saturated carbocycles. The molecule has 17 heavy (non-hydrogen) atoms. The zero-order chi connectivity index (χ0) is 12.6. The van der Waals surface area contributed by atoms with E-state index in [9.17, 15) is 9.59 Å². The highest BCUT2D eigenvalue weighted by Crippen LogP contribution is 2.26. The monoisotopic (exact) mass is 236 g/mol. The Kier molecular flexibility index (Phi) is 2.92. The van der Waals surface area contributed by atoms with Gasteiger partial charge in [0.15, 0.2) is 0 Å². The van der Waals surface area contributed by atoms with Crippen LogP contribution in [0.4, 0.5) is 5.82 Å². The Morgan fingerprint density at radius 1 is 1.47 bits per heavy atom. The van der Waals surface area contributed by atoms with E-state index in [1.807, 2.05) is 18.9 Å². The fourth-order valence-electron chi connectivity index (χ4n) is 2.34. The Labute approximate surface area is 99.3 Å². The molecule has 1 aromatic rings. The molecule has 0 atom stereocenters. The maximum atomic E-state index is 11.8. The van der Waals surface area contributed by atoms with Gasteiger partial charge in [-0.3, -0.25) is 14.2 Å². The molecule has 0 aliphatic carbocycles. The summed E-state index contributed by atoms with van der Waals surface area (Å²) >= 11 is 0. The van der Waals surface area contributed by atoms with Crippen LogP contribution in [0.15, 0.2) is 10.9 Å². The molecule has 2 heterocycles. The first-order chi connectivity index (χ1) is 8.00. The van der Waals surface area contributed by atoms with Crippen LogP contribution in [-0.2, 0) is 17.8 Å². The van der Waals surface area contributed by atoms with E-state index in [0.717, 1.165) is 23.5 Å². The predicted octanol–water partition coefficient (Wildman–Crippen LogP) is 0.624. The maximum absolute atomic E-state index is 11.8. The van der Waals surface area contributed by atoms with E-state index in [0.29, 0.717) is 13.0 Å². The molecule has 92 valence electrons. The second kappa shape index (κ2) is 4.24. The summed E-state index contributed by atoms with van der Waals surface area (Å²) in [6.45, 7) is 3.36. The van der Waals surface area contributed by atoms with Crippen molar-refractivity contribution in [2.24, 2.45) is 0 Å². The summed E-state index contributed by atoms with van der Waals surface area (Å²) in [7, 11) is 1.93. The minimum Gasteiger partial charge on any atom is -0.481 e. The van der Waals surface area contributed by atoms with Crippen LogP contribution < -0.4 is 10.5 Å². The first-order valence-electron chi connectivity index (χ1n) is 5.67. The molecule has 5 heteroatoms. The van der Waals surface area contributed by atoms with E-state index in [4.69, 9.17) is 5.11 Å². The van der Waals surface area contributed by atoms with Crippen LogP contribution in [0.3, 0.4) is 0 Å². The Bertz CT molecular complexity index is 519. The molecule has 2 rings (SSSR count). The highest BCUT2D eigenvalue weighted by molar-refractivity contribution is 5.68. The van der Waals surface area contributed by atoms with Gasteiger partial charge in [0.25, 0.3) is 5.56 Å². The van der Waals surface area contributed by atoms with Crippen LogP contribution >= 0.6 is 0 Å². The van der Waals surface area contributed by atoms with Crippen molar-refractivity contribution in [1.82, 2.24) is 4.57 Å². The van der Waals surface area contributed by atoms with Crippen molar-refractivity contribution in [1.29, 1.82) is 0 Å². The SMILES string of the molecule is Cc1cc(=O)n2c(c1CCC(=O)O)N(C)CC2. The van der Waals surface area contributed by atoms with E-state index in [2.05, 4.69) is 0 Å². The topological polar surface area (TPSA) is 62.5 Å². The zero-order valence-corrected chi connectivity index (χ0v) is 10.1. The summed E-state index contributed by atoms with van der Waals surface area (Å²) in [6, 6.07) is 1.60. The third-order valence-corrected chi connectivity index (χ3v) is 3.22. The number of anilines is 1. The summed E-state index contributed by atoms with van der Waals surface area (Å²) in [5.74, 6) is 0.0752. The molecule has 1 aliphatic heterocycles. The minimum atomic E-state index is -0.810. The standard InChI is InChI=1S/C12H16N2O3/c1-8-7-10(15)14-6-5-13(2)12(14)9(8)3-4-11(16)17/h7H,3-6H2,1-2H3,(H,16,17). The summed E-state index contributed by atoms with van der Waals surface area (Å²) in [6.07, 6.45) is 0.570. The van der Waals surface area contributed by atoms with E-state index >= 15 is 0 Å². The number of carboxylic acids is 1. The zero-order valence-electron chi connectivity index (χ0n) is 10.1. The van der Waals surface area contributed by atoms with Crippen molar-refractivity contribution in [2.75, 3.05) is 18.5 Å². The van der Waals surface area contributed by atoms with Crippen molar-refractivity contribution in [3.05, 3.63) is 27.5 Å². The quantitative estimate of drug-likeness (QED) is 0.835. The molecular weight excluding hydrogens is 220 g/mol. The molecule has 1 aliphatic rings. The lowest BCUT2D eigenvalue weighted by Gasteiger charge is -2.17. The van der Waals surface area contributed by atoms with Crippen LogP contribution in [0.1, 0.15) is 17.5 Å². The Morgan fingerprint density at radius 3 is 2.82 bits per heavy atom. The van der Waals surface area contributed by atoms with Gasteiger partial charge in [-0.05, 0) is 24.5 Å². The summed E-state index contributed by atoms with van der Waals surface area (Å²) in [5.41, 5.74) is 1.86. The number of carbonyl (C=O) groups is 1. The van der Waals surface area contributed by atoms with Crippen LogP contribution in [-0.4, -0.2) is 29.2 Å². The third-order valence-electron chi connectivity index (χ3n) is 3.22. The molecule has 0 spiro atoms. The van der Waals surface area contributed by atoms with Gasteiger partial charge in [-0.25, -0.2) is 0 Å². The molecule has 5 nitrogen and oxygen atoms in total. The number of hydrogen-bond donors (Lipinski definition) is 1. The van der Waals surface area contributed by atoms with Crippen LogP contribution in [0, 0.1) is 6.92 Å². The van der Waals surface area contributed by atoms with Crippen LogP contribution in [0.25, 0.3) is 0 Å². The lowest BCUT2D eigenvalue weighted by atomic mass is 10.0. The van der Waals surface area contributed by atoms with E-state index in [1.54, 1.807) is 10.6 Å². The van der Waals surface area contributed by atoms with Gasteiger partial charge in [0.1, 0.15) is 5.82 Å². The molecule has 0 bridgehead atoms. The third kappa shape index (κ3) is 2.05. The van der Waals surface area contributed by atoms with Crippen LogP contribution in [0.2, 0.25) is 0 Å². The van der Waals surface area contributed by atoms with Gasteiger partial charge in [-0.1, -0.05) is 0 Å². The molecule has 0 fully saturated rings. The molecule has 0 saturated heterocycles. The van der Waals surface area contributed by atoms with E-state index in [-0.39, 0.29) is 12.0 Å². The molecule has 0 aromatic carbocycles. The van der Waals surface area contributed by atoms with Gasteiger partial charge >= 0.3 is 5.97 Å². The lowest BCUT2D eigenvalue weighted by Crippen LogP contribution is -2.21. The average Bonchev–Trinajstić information content (AvgIpc) is 2.61. The van der Waals surface area contributed by atoms with Crippen molar-refractivity contribution in [3.63, 3.8) is 0 Å². The van der Waals surface area contributed by atoms with Gasteiger partial charge < -0.3 is 10.0 Å². The lowest BCUT2D eigenvalue weighted by molar-refractivity contribution is -0.136. The predicted molar refractivity (Wildman–Crippen MR) is 64.7 cm³/mol. The van der Waals surface area contributed by atoms with Gasteiger partial charge in [0, 0.05) is 32.6 Å². The molecule has 0 amide bonds. The van der Waals surface area contributed by atoms with Crippen molar-refractivity contribution < 1.29 is 9.90 Å². The fraction of sp³-hybridized carbons (Fsp3) is 0.500. The van der Waals surface area contributed by atoms with Gasteiger partial charge in [0.05, 0.1) is 0 Å². The molecule has 0 unspecified atom stereocenters. The maximum Gasteiger partial charge on any atom is 0.303 e. The Balaban J connectivity index is 2.48. The normalized spacial score (nSPS) is 13.9. The molecular formula is C12H16N2O3. The first kappa shape index (κ1) is 11.7. The highest BCUT2D eigenvalue weighted by atomic mass is 16.4. The molecule has 1 N–H and O–H groups in total. The van der Waals surface area contributed by atoms with Crippen molar-refractivity contribution in [3.8, 4) is 0 Å². The number of fused-ring (bicyclic) bond motifs is 1. The number of rotatable bonds is 3. The number of aliphatic carboxylic acids is 1. The average molecular weight is 236 g/mol. The van der Waals surface area contributed by atoms with Crippen molar-refractivity contribution >= 4 is 11.8 Å². The summed E-state index contributed by atoms with van der Waals surface area (Å²) < 4.78 is 1.73. The summed E-state index contributed by atoms with van der Waals surface area (Å²) in [5, 5.41) is 8.75. The second-order valence-electron chi connectivity index (χ2n) is 4.43. The van der Waals surface area contributed by atoms with Crippen molar-refractivity contribution in [2.45, 2.75) is 26.3 Å². The smallest absolute Gasteiger partial charge is 0.303 e. The van der Waals surface area contributed by atoms with E-state index < -0.39 is 5.97 Å². The largest absolute Gasteiger partial charge is 0.481 e.